The van der Waals surface area contributed by atoms with Crippen LogP contribution in [-0.2, 0) is 20.0 Å². The highest BCUT2D eigenvalue weighted by Crippen LogP contribution is 2.17. The number of hydrogen-bond acceptors (Lipinski definition) is 5. The summed E-state index contributed by atoms with van der Waals surface area (Å²) < 4.78 is 1.98. The molecule has 1 aliphatic carbocycles. The minimum absolute atomic E-state index is 0.522. The molecule has 0 amide bonds. The summed E-state index contributed by atoms with van der Waals surface area (Å²) in [5, 5.41) is 18.5. The molecule has 0 spiro atoms. The van der Waals surface area contributed by atoms with Gasteiger partial charge in [0.05, 0.1) is 10.7 Å². The van der Waals surface area contributed by atoms with Crippen molar-refractivity contribution in [2.75, 3.05) is 6.54 Å². The molecule has 0 radical (unpaired) electrons. The summed E-state index contributed by atoms with van der Waals surface area (Å²) in [4.78, 5) is 9.24. The lowest BCUT2D eigenvalue weighted by molar-refractivity contribution is 0.609. The number of thiazole rings is 1. The molecular formula is C17H27N7S. The van der Waals surface area contributed by atoms with Crippen molar-refractivity contribution in [2.24, 2.45) is 12.0 Å². The molecule has 0 aromatic carbocycles. The van der Waals surface area contributed by atoms with E-state index in [0.717, 1.165) is 41.3 Å². The van der Waals surface area contributed by atoms with E-state index in [1.807, 2.05) is 25.5 Å². The van der Waals surface area contributed by atoms with E-state index in [2.05, 4.69) is 31.2 Å². The molecule has 2 N–H and O–H groups in total. The van der Waals surface area contributed by atoms with Crippen molar-refractivity contribution in [3.8, 4) is 0 Å². The number of aryl methyl sites for hydroxylation is 2. The predicted octanol–water partition coefficient (Wildman–Crippen LogP) is 2.11. The molecule has 0 aliphatic heterocycles. The molecule has 1 fully saturated rings. The van der Waals surface area contributed by atoms with E-state index in [4.69, 9.17) is 4.99 Å². The zero-order valence-electron chi connectivity index (χ0n) is 15.2. The molecule has 8 heteroatoms. The summed E-state index contributed by atoms with van der Waals surface area (Å²) in [5.41, 5.74) is 1.14. The summed E-state index contributed by atoms with van der Waals surface area (Å²) in [6.07, 6.45) is 5.93. The maximum absolute atomic E-state index is 4.72. The monoisotopic (exact) mass is 361 g/mol. The molecule has 3 rings (SSSR count). The van der Waals surface area contributed by atoms with Crippen molar-refractivity contribution in [1.82, 2.24) is 30.4 Å². The van der Waals surface area contributed by atoms with Crippen molar-refractivity contribution >= 4 is 17.3 Å². The van der Waals surface area contributed by atoms with Crippen molar-refractivity contribution < 1.29 is 0 Å². The fourth-order valence-electron chi connectivity index (χ4n) is 2.99. The molecule has 0 unspecified atom stereocenters. The fourth-order valence-corrected chi connectivity index (χ4v) is 3.63. The first-order valence-corrected chi connectivity index (χ1v) is 9.80. The molecule has 0 bridgehead atoms. The van der Waals surface area contributed by atoms with Crippen LogP contribution in [0.2, 0.25) is 0 Å². The molecule has 1 aliphatic rings. The van der Waals surface area contributed by atoms with Gasteiger partial charge in [0.25, 0.3) is 0 Å². The number of rotatable bonds is 6. The van der Waals surface area contributed by atoms with E-state index in [9.17, 15) is 0 Å². The topological polar surface area (TPSA) is 80.0 Å². The Bertz CT molecular complexity index is 712. The molecule has 1 saturated carbocycles. The van der Waals surface area contributed by atoms with Gasteiger partial charge in [-0.1, -0.05) is 12.8 Å². The second-order valence-electron chi connectivity index (χ2n) is 6.55. The highest BCUT2D eigenvalue weighted by atomic mass is 32.1. The Morgan fingerprint density at radius 1 is 1.32 bits per heavy atom. The highest BCUT2D eigenvalue weighted by Gasteiger charge is 2.16. The Kier molecular flexibility index (Phi) is 6.01. The van der Waals surface area contributed by atoms with Gasteiger partial charge < -0.3 is 15.2 Å². The van der Waals surface area contributed by atoms with Crippen LogP contribution >= 0.6 is 11.3 Å². The molecule has 2 heterocycles. The third-order valence-corrected chi connectivity index (χ3v) is 5.42. The Morgan fingerprint density at radius 2 is 2.12 bits per heavy atom. The van der Waals surface area contributed by atoms with Crippen LogP contribution in [-0.4, -0.2) is 38.3 Å². The quantitative estimate of drug-likeness (QED) is 0.608. The van der Waals surface area contributed by atoms with Gasteiger partial charge in [-0.15, -0.1) is 21.5 Å². The second-order valence-corrected chi connectivity index (χ2v) is 7.61. The van der Waals surface area contributed by atoms with Crippen molar-refractivity contribution in [3.05, 3.63) is 27.7 Å². The summed E-state index contributed by atoms with van der Waals surface area (Å²) >= 11 is 1.70. The lowest BCUT2D eigenvalue weighted by Crippen LogP contribution is -2.43. The first-order valence-electron chi connectivity index (χ1n) is 8.92. The van der Waals surface area contributed by atoms with Crippen molar-refractivity contribution in [1.29, 1.82) is 0 Å². The van der Waals surface area contributed by atoms with Gasteiger partial charge in [0.1, 0.15) is 12.4 Å². The normalized spacial score (nSPS) is 15.7. The van der Waals surface area contributed by atoms with E-state index in [1.165, 1.54) is 25.7 Å². The minimum atomic E-state index is 0.522. The summed E-state index contributed by atoms with van der Waals surface area (Å²) in [5.74, 6) is 2.64. The lowest BCUT2D eigenvalue weighted by atomic mass is 10.2. The van der Waals surface area contributed by atoms with Crippen LogP contribution < -0.4 is 10.6 Å². The maximum Gasteiger partial charge on any atom is 0.191 e. The lowest BCUT2D eigenvalue weighted by Gasteiger charge is -2.17. The van der Waals surface area contributed by atoms with Crippen molar-refractivity contribution in [2.45, 2.75) is 58.5 Å². The number of aromatic nitrogens is 4. The number of hydrogen-bond donors (Lipinski definition) is 2. The van der Waals surface area contributed by atoms with E-state index < -0.39 is 0 Å². The third-order valence-electron chi connectivity index (χ3n) is 4.60. The fraction of sp³-hybridized carbons (Fsp3) is 0.647. The number of nitrogens with one attached hydrogen (secondary N) is 2. The second kappa shape index (κ2) is 8.42. The number of aliphatic imine (C=N–C) groups is 1. The van der Waals surface area contributed by atoms with Gasteiger partial charge in [-0.3, -0.25) is 0 Å². The average Bonchev–Trinajstić information content (AvgIpc) is 3.31. The largest absolute Gasteiger partial charge is 0.356 e. The molecule has 136 valence electrons. The first-order chi connectivity index (χ1) is 12.1. The Balaban J connectivity index is 1.59. The molecule has 2 aromatic rings. The van der Waals surface area contributed by atoms with Gasteiger partial charge in [0.15, 0.2) is 11.8 Å². The van der Waals surface area contributed by atoms with Gasteiger partial charge in [0.2, 0.25) is 0 Å². The Morgan fingerprint density at radius 3 is 2.76 bits per heavy atom. The molecule has 0 atom stereocenters. The first kappa shape index (κ1) is 17.8. The molecule has 0 saturated heterocycles. The Labute approximate surface area is 153 Å². The molecule has 2 aromatic heterocycles. The van der Waals surface area contributed by atoms with Crippen LogP contribution in [0.15, 0.2) is 10.4 Å². The van der Waals surface area contributed by atoms with Crippen LogP contribution in [0.4, 0.5) is 0 Å². The van der Waals surface area contributed by atoms with Gasteiger partial charge >= 0.3 is 0 Å². The van der Waals surface area contributed by atoms with Crippen LogP contribution in [0.1, 0.15) is 48.0 Å². The van der Waals surface area contributed by atoms with Gasteiger partial charge in [-0.05, 0) is 26.7 Å². The molecule has 7 nitrogen and oxygen atoms in total. The summed E-state index contributed by atoms with van der Waals surface area (Å²) in [7, 11) is 1.97. The number of guanidine groups is 1. The van der Waals surface area contributed by atoms with E-state index in [-0.39, 0.29) is 0 Å². The van der Waals surface area contributed by atoms with Gasteiger partial charge in [-0.2, -0.15) is 0 Å². The van der Waals surface area contributed by atoms with Gasteiger partial charge in [0, 0.05) is 31.4 Å². The zero-order valence-corrected chi connectivity index (χ0v) is 16.1. The average molecular weight is 362 g/mol. The Hall–Kier alpha value is -1.96. The molecule has 25 heavy (non-hydrogen) atoms. The van der Waals surface area contributed by atoms with E-state index in [1.54, 1.807) is 11.3 Å². The highest BCUT2D eigenvalue weighted by molar-refractivity contribution is 7.09. The van der Waals surface area contributed by atoms with Gasteiger partial charge in [-0.25, -0.2) is 9.98 Å². The third kappa shape index (κ3) is 5.01. The van der Waals surface area contributed by atoms with Crippen LogP contribution in [0.25, 0.3) is 0 Å². The van der Waals surface area contributed by atoms with Crippen LogP contribution in [0.5, 0.6) is 0 Å². The summed E-state index contributed by atoms with van der Waals surface area (Å²) in [6.45, 7) is 5.33. The zero-order chi connectivity index (χ0) is 17.6. The number of nitrogens with zero attached hydrogens (tertiary/aromatic N) is 5. The van der Waals surface area contributed by atoms with E-state index in [0.29, 0.717) is 12.6 Å². The van der Waals surface area contributed by atoms with E-state index >= 15 is 0 Å². The standard InChI is InChI=1S/C17H27N7S/c1-12-22-23-16(24(12)3)10-19-17(21-14-6-4-5-7-14)18-9-8-15-11-25-13(2)20-15/h11,14H,4-10H2,1-3H3,(H2,18,19,21). The summed E-state index contributed by atoms with van der Waals surface area (Å²) in [6, 6.07) is 0.522. The molecular weight excluding hydrogens is 334 g/mol. The van der Waals surface area contributed by atoms with Crippen LogP contribution in [0.3, 0.4) is 0 Å². The maximum atomic E-state index is 4.72. The smallest absolute Gasteiger partial charge is 0.191 e. The van der Waals surface area contributed by atoms with Crippen molar-refractivity contribution in [3.63, 3.8) is 0 Å². The SMILES string of the molecule is Cc1nc(CCNC(=NCc2nnc(C)n2C)NC2CCCC2)cs1. The van der Waals surface area contributed by atoms with Crippen LogP contribution in [0, 0.1) is 13.8 Å². The predicted molar refractivity (Wildman–Crippen MR) is 101 cm³/mol. The minimum Gasteiger partial charge on any atom is -0.356 e.